The number of ether oxygens (including phenoxy) is 3. The van der Waals surface area contributed by atoms with Crippen LogP contribution in [0.25, 0.3) is 0 Å². The van der Waals surface area contributed by atoms with Gasteiger partial charge >= 0.3 is 5.97 Å². The van der Waals surface area contributed by atoms with E-state index in [1.165, 1.54) is 19.3 Å². The summed E-state index contributed by atoms with van der Waals surface area (Å²) in [5, 5.41) is 0. The number of hydrogen-bond donors (Lipinski definition) is 0. The third-order valence-electron chi connectivity index (χ3n) is 3.71. The molecule has 0 radical (unpaired) electrons. The number of methoxy groups -OCH3 is 2. The van der Waals surface area contributed by atoms with Gasteiger partial charge in [-0.15, -0.1) is 0 Å². The first-order valence-electron chi connectivity index (χ1n) is 7.36. The number of piperidine rings is 1. The number of nitrogens with zero attached hydrogens (tertiary/aromatic N) is 1. The Kier molecular flexibility index (Phi) is 5.87. The molecular formula is C16H23NO4. The molecule has 0 bridgehead atoms. The highest BCUT2D eigenvalue weighted by Gasteiger charge is 2.13. The van der Waals surface area contributed by atoms with Crippen molar-refractivity contribution in [1.82, 2.24) is 4.90 Å². The van der Waals surface area contributed by atoms with E-state index in [0.29, 0.717) is 23.7 Å². The van der Waals surface area contributed by atoms with Crippen molar-refractivity contribution in [2.45, 2.75) is 19.3 Å². The lowest BCUT2D eigenvalue weighted by molar-refractivity contribution is 0.0451. The van der Waals surface area contributed by atoms with Gasteiger partial charge in [-0.25, -0.2) is 4.79 Å². The van der Waals surface area contributed by atoms with Crippen molar-refractivity contribution in [3.63, 3.8) is 0 Å². The van der Waals surface area contributed by atoms with Gasteiger partial charge < -0.3 is 14.2 Å². The Labute approximate surface area is 125 Å². The molecule has 21 heavy (non-hydrogen) atoms. The SMILES string of the molecule is COc1ccc(C(=O)OCCN2CCCCC2)cc1OC. The lowest BCUT2D eigenvalue weighted by atomic mass is 10.1. The first-order valence-corrected chi connectivity index (χ1v) is 7.36. The second-order valence-electron chi connectivity index (χ2n) is 5.11. The van der Waals surface area contributed by atoms with Crippen molar-refractivity contribution in [3.8, 4) is 11.5 Å². The summed E-state index contributed by atoms with van der Waals surface area (Å²) in [6, 6.07) is 5.03. The molecule has 1 aromatic rings. The molecule has 116 valence electrons. The van der Waals surface area contributed by atoms with Crippen LogP contribution in [-0.2, 0) is 4.74 Å². The van der Waals surface area contributed by atoms with E-state index < -0.39 is 0 Å². The molecule has 0 spiro atoms. The van der Waals surface area contributed by atoms with Crippen LogP contribution in [0.15, 0.2) is 18.2 Å². The predicted molar refractivity (Wildman–Crippen MR) is 80.1 cm³/mol. The van der Waals surface area contributed by atoms with Crippen LogP contribution in [0.5, 0.6) is 11.5 Å². The van der Waals surface area contributed by atoms with Gasteiger partial charge in [-0.1, -0.05) is 6.42 Å². The van der Waals surface area contributed by atoms with Gasteiger partial charge in [-0.05, 0) is 44.1 Å². The van der Waals surface area contributed by atoms with Crippen molar-refractivity contribution in [3.05, 3.63) is 23.8 Å². The van der Waals surface area contributed by atoms with Gasteiger partial charge in [0.1, 0.15) is 6.61 Å². The predicted octanol–water partition coefficient (Wildman–Crippen LogP) is 2.35. The molecule has 5 nitrogen and oxygen atoms in total. The molecule has 1 aliphatic rings. The van der Waals surface area contributed by atoms with Crippen LogP contribution in [0.1, 0.15) is 29.6 Å². The fourth-order valence-corrected chi connectivity index (χ4v) is 2.50. The van der Waals surface area contributed by atoms with E-state index in [1.807, 2.05) is 0 Å². The molecule has 1 heterocycles. The zero-order chi connectivity index (χ0) is 15.1. The third kappa shape index (κ3) is 4.36. The molecular weight excluding hydrogens is 270 g/mol. The van der Waals surface area contributed by atoms with Crippen LogP contribution >= 0.6 is 0 Å². The molecule has 0 unspecified atom stereocenters. The summed E-state index contributed by atoms with van der Waals surface area (Å²) in [6.45, 7) is 3.44. The minimum Gasteiger partial charge on any atom is -0.493 e. The molecule has 5 heteroatoms. The molecule has 1 fully saturated rings. The van der Waals surface area contributed by atoms with Crippen molar-refractivity contribution < 1.29 is 19.0 Å². The largest absolute Gasteiger partial charge is 0.493 e. The lowest BCUT2D eigenvalue weighted by Crippen LogP contribution is -2.33. The number of hydrogen-bond acceptors (Lipinski definition) is 5. The first kappa shape index (κ1) is 15.6. The Balaban J connectivity index is 1.85. The highest BCUT2D eigenvalue weighted by Crippen LogP contribution is 2.27. The van der Waals surface area contributed by atoms with E-state index in [4.69, 9.17) is 14.2 Å². The van der Waals surface area contributed by atoms with Crippen molar-refractivity contribution in [2.75, 3.05) is 40.5 Å². The monoisotopic (exact) mass is 293 g/mol. The van der Waals surface area contributed by atoms with Crippen molar-refractivity contribution in [2.24, 2.45) is 0 Å². The second kappa shape index (κ2) is 7.88. The Morgan fingerprint density at radius 3 is 2.48 bits per heavy atom. The van der Waals surface area contributed by atoms with Gasteiger partial charge in [-0.2, -0.15) is 0 Å². The Morgan fingerprint density at radius 1 is 1.10 bits per heavy atom. The van der Waals surface area contributed by atoms with E-state index >= 15 is 0 Å². The zero-order valence-corrected chi connectivity index (χ0v) is 12.8. The quantitative estimate of drug-likeness (QED) is 0.754. The number of likely N-dealkylation sites (tertiary alicyclic amines) is 1. The molecule has 2 rings (SSSR count). The Bertz CT molecular complexity index is 469. The minimum absolute atomic E-state index is 0.326. The summed E-state index contributed by atoms with van der Waals surface area (Å²) in [5.41, 5.74) is 0.478. The summed E-state index contributed by atoms with van der Waals surface area (Å²) in [4.78, 5) is 14.4. The average Bonchev–Trinajstić information content (AvgIpc) is 2.55. The maximum absolute atomic E-state index is 12.0. The fourth-order valence-electron chi connectivity index (χ4n) is 2.50. The van der Waals surface area contributed by atoms with Gasteiger partial charge in [0.2, 0.25) is 0 Å². The normalized spacial score (nSPS) is 15.5. The number of esters is 1. The summed E-state index contributed by atoms with van der Waals surface area (Å²) < 4.78 is 15.7. The van der Waals surface area contributed by atoms with Crippen molar-refractivity contribution in [1.29, 1.82) is 0 Å². The Hall–Kier alpha value is -1.75. The summed E-state index contributed by atoms with van der Waals surface area (Å²) >= 11 is 0. The van der Waals surface area contributed by atoms with Gasteiger partial charge in [0.15, 0.2) is 11.5 Å². The van der Waals surface area contributed by atoms with E-state index in [2.05, 4.69) is 4.90 Å². The van der Waals surface area contributed by atoms with Gasteiger partial charge in [0, 0.05) is 6.54 Å². The molecule has 0 N–H and O–H groups in total. The summed E-state index contributed by atoms with van der Waals surface area (Å²) in [6.07, 6.45) is 3.79. The molecule has 1 aliphatic heterocycles. The second-order valence-corrected chi connectivity index (χ2v) is 5.11. The molecule has 0 saturated carbocycles. The number of rotatable bonds is 6. The van der Waals surface area contributed by atoms with E-state index in [1.54, 1.807) is 32.4 Å². The van der Waals surface area contributed by atoms with E-state index in [0.717, 1.165) is 19.6 Å². The third-order valence-corrected chi connectivity index (χ3v) is 3.71. The number of benzene rings is 1. The van der Waals surface area contributed by atoms with E-state index in [-0.39, 0.29) is 5.97 Å². The van der Waals surface area contributed by atoms with Gasteiger partial charge in [0.25, 0.3) is 0 Å². The molecule has 0 atom stereocenters. The fraction of sp³-hybridized carbons (Fsp3) is 0.562. The van der Waals surface area contributed by atoms with Crippen molar-refractivity contribution >= 4 is 5.97 Å². The zero-order valence-electron chi connectivity index (χ0n) is 12.8. The van der Waals surface area contributed by atoms with Gasteiger partial charge in [-0.3, -0.25) is 4.90 Å². The molecule has 0 aromatic heterocycles. The minimum atomic E-state index is -0.326. The summed E-state index contributed by atoms with van der Waals surface area (Å²) in [5.74, 6) is 0.804. The van der Waals surface area contributed by atoms with Crippen LogP contribution in [0, 0.1) is 0 Å². The standard InChI is InChI=1S/C16H23NO4/c1-19-14-7-6-13(12-15(14)20-2)16(18)21-11-10-17-8-4-3-5-9-17/h6-7,12H,3-5,8-11H2,1-2H3. The van der Waals surface area contributed by atoms with Crippen LogP contribution in [-0.4, -0.2) is 51.3 Å². The Morgan fingerprint density at radius 2 is 1.81 bits per heavy atom. The molecule has 1 aromatic carbocycles. The first-order chi connectivity index (χ1) is 10.2. The lowest BCUT2D eigenvalue weighted by Gasteiger charge is -2.25. The highest BCUT2D eigenvalue weighted by atomic mass is 16.5. The maximum atomic E-state index is 12.0. The van der Waals surface area contributed by atoms with Crippen LogP contribution in [0.3, 0.4) is 0 Å². The van der Waals surface area contributed by atoms with Crippen LogP contribution in [0.2, 0.25) is 0 Å². The molecule has 0 aliphatic carbocycles. The van der Waals surface area contributed by atoms with Gasteiger partial charge in [0.05, 0.1) is 19.8 Å². The number of carbonyl (C=O) groups excluding carboxylic acids is 1. The molecule has 0 amide bonds. The average molecular weight is 293 g/mol. The number of carbonyl (C=O) groups is 1. The van der Waals surface area contributed by atoms with Crippen LogP contribution in [0.4, 0.5) is 0 Å². The maximum Gasteiger partial charge on any atom is 0.338 e. The van der Waals surface area contributed by atoms with E-state index in [9.17, 15) is 4.79 Å². The summed E-state index contributed by atoms with van der Waals surface area (Å²) in [7, 11) is 3.11. The smallest absolute Gasteiger partial charge is 0.338 e. The molecule has 1 saturated heterocycles. The van der Waals surface area contributed by atoms with Crippen LogP contribution < -0.4 is 9.47 Å². The topological polar surface area (TPSA) is 48.0 Å². The highest BCUT2D eigenvalue weighted by molar-refractivity contribution is 5.90.